The molecule has 0 saturated heterocycles. The monoisotopic (exact) mass is 389 g/mol. The van der Waals surface area contributed by atoms with Gasteiger partial charge >= 0.3 is 23.3 Å². The number of alkyl halides is 9. The highest BCUT2D eigenvalue weighted by Crippen LogP contribution is 2.54. The summed E-state index contributed by atoms with van der Waals surface area (Å²) in [5.41, 5.74) is -0.632. The van der Waals surface area contributed by atoms with Crippen molar-refractivity contribution in [2.24, 2.45) is 4.40 Å². The van der Waals surface area contributed by atoms with Crippen LogP contribution in [-0.4, -0.2) is 33.7 Å². The second-order valence-corrected chi connectivity index (χ2v) is 5.39. The van der Waals surface area contributed by atoms with Crippen LogP contribution in [0.25, 0.3) is 0 Å². The Balaban J connectivity index is 3.19. The van der Waals surface area contributed by atoms with Crippen LogP contribution >= 0.6 is 0 Å². The number of rotatable bonds is 5. The highest BCUT2D eigenvalue weighted by Gasteiger charge is 2.83. The van der Waals surface area contributed by atoms with Crippen LogP contribution < -0.4 is 0 Å². The van der Waals surface area contributed by atoms with Crippen molar-refractivity contribution in [3.63, 3.8) is 0 Å². The third-order valence-corrected chi connectivity index (χ3v) is 3.52. The third-order valence-electron chi connectivity index (χ3n) is 2.53. The van der Waals surface area contributed by atoms with E-state index < -0.39 is 45.6 Å². The van der Waals surface area contributed by atoms with Crippen molar-refractivity contribution in [1.29, 1.82) is 0 Å². The highest BCUT2D eigenvalue weighted by molar-refractivity contribution is 7.85. The fourth-order valence-electron chi connectivity index (χ4n) is 1.22. The van der Waals surface area contributed by atoms with E-state index in [0.29, 0.717) is 0 Å². The standard InChI is InChI=1S/C11H5F10NOS/c12-7-4-2-1-3-6(7)5-22-24(23)11(20,21)9(15,16)8(13,14)10(17,18)19/h1-5H/b22-5+/t24-/m0/s1. The first-order valence-corrected chi connectivity index (χ1v) is 6.67. The third kappa shape index (κ3) is 3.39. The molecule has 136 valence electrons. The number of benzene rings is 1. The molecule has 0 aliphatic rings. The molecule has 0 aromatic heterocycles. The predicted octanol–water partition coefficient (Wildman–Crippen LogP) is 4.33. The maximum atomic E-state index is 13.2. The summed E-state index contributed by atoms with van der Waals surface area (Å²) in [7, 11) is -4.55. The van der Waals surface area contributed by atoms with Crippen LogP contribution in [0.1, 0.15) is 5.56 Å². The van der Waals surface area contributed by atoms with Gasteiger partial charge in [0.1, 0.15) is 5.82 Å². The van der Waals surface area contributed by atoms with E-state index >= 15 is 0 Å². The summed E-state index contributed by atoms with van der Waals surface area (Å²) >= 11 is 0. The molecule has 13 heteroatoms. The van der Waals surface area contributed by atoms with Gasteiger partial charge in [0.2, 0.25) is 11.0 Å². The van der Waals surface area contributed by atoms with Gasteiger partial charge in [0.25, 0.3) is 0 Å². The molecular weight excluding hydrogens is 384 g/mol. The minimum atomic E-state index is -7.17. The molecular formula is C11H5F10NOS. The SMILES string of the molecule is O=[S@](/N=C/c1ccccc1F)C(F)(F)C(F)(F)C(F)(F)C(F)(F)F. The van der Waals surface area contributed by atoms with Crippen molar-refractivity contribution in [3.8, 4) is 0 Å². The molecule has 1 atom stereocenters. The molecule has 0 spiro atoms. The maximum absolute atomic E-state index is 13.2. The topological polar surface area (TPSA) is 29.4 Å². The Morgan fingerprint density at radius 3 is 1.83 bits per heavy atom. The normalized spacial score (nSPS) is 15.8. The fourth-order valence-corrected chi connectivity index (χ4v) is 1.91. The summed E-state index contributed by atoms with van der Waals surface area (Å²) in [4.78, 5) is 0. The fraction of sp³-hybridized carbons (Fsp3) is 0.364. The van der Waals surface area contributed by atoms with E-state index in [9.17, 15) is 48.1 Å². The Morgan fingerprint density at radius 1 is 0.875 bits per heavy atom. The van der Waals surface area contributed by atoms with Gasteiger partial charge in [-0.25, -0.2) is 8.60 Å². The average molecular weight is 389 g/mol. The van der Waals surface area contributed by atoms with E-state index in [1.165, 1.54) is 0 Å². The van der Waals surface area contributed by atoms with Crippen LogP contribution in [0.4, 0.5) is 43.9 Å². The molecule has 0 heterocycles. The lowest BCUT2D eigenvalue weighted by molar-refractivity contribution is -0.381. The summed E-state index contributed by atoms with van der Waals surface area (Å²) in [5, 5.41) is -6.38. The van der Waals surface area contributed by atoms with Crippen LogP contribution in [0.5, 0.6) is 0 Å². The molecule has 0 N–H and O–H groups in total. The predicted molar refractivity (Wildman–Crippen MR) is 63.0 cm³/mol. The van der Waals surface area contributed by atoms with Gasteiger partial charge in [-0.15, -0.1) is 0 Å². The molecule has 1 aromatic carbocycles. The van der Waals surface area contributed by atoms with Crippen LogP contribution in [0.3, 0.4) is 0 Å². The molecule has 1 aromatic rings. The lowest BCUT2D eigenvalue weighted by Gasteiger charge is -2.31. The summed E-state index contributed by atoms with van der Waals surface area (Å²) in [6, 6.07) is 3.92. The van der Waals surface area contributed by atoms with E-state index in [4.69, 9.17) is 0 Å². The molecule has 0 aliphatic carbocycles. The summed E-state index contributed by atoms with van der Waals surface area (Å²) in [5.74, 6) is -15.4. The first-order valence-electron chi connectivity index (χ1n) is 5.57. The summed E-state index contributed by atoms with van der Waals surface area (Å²) in [6.45, 7) is 0. The van der Waals surface area contributed by atoms with Crippen molar-refractivity contribution in [3.05, 3.63) is 35.6 Å². The van der Waals surface area contributed by atoms with Crippen molar-refractivity contribution in [2.45, 2.75) is 23.3 Å². The Kier molecular flexibility index (Phi) is 5.38. The number of hydrogen-bond donors (Lipinski definition) is 0. The first kappa shape index (κ1) is 20.4. The van der Waals surface area contributed by atoms with Crippen LogP contribution in [-0.2, 0) is 11.0 Å². The molecule has 1 rings (SSSR count). The molecule has 0 saturated carbocycles. The number of nitrogens with zero attached hydrogens (tertiary/aromatic N) is 1. The molecule has 0 radical (unpaired) electrons. The lowest BCUT2D eigenvalue weighted by atomic mass is 10.1. The van der Waals surface area contributed by atoms with Gasteiger partial charge in [-0.1, -0.05) is 18.2 Å². The van der Waals surface area contributed by atoms with Gasteiger partial charge in [0.15, 0.2) is 0 Å². The smallest absolute Gasteiger partial charge is 0.228 e. The second kappa shape index (κ2) is 6.33. The van der Waals surface area contributed by atoms with Crippen LogP contribution in [0.2, 0.25) is 0 Å². The van der Waals surface area contributed by atoms with E-state index in [2.05, 4.69) is 4.40 Å². The molecule has 0 fully saturated rings. The lowest BCUT2D eigenvalue weighted by Crippen LogP contribution is -2.61. The number of halogens is 10. The van der Waals surface area contributed by atoms with Gasteiger partial charge in [0, 0.05) is 11.8 Å². The van der Waals surface area contributed by atoms with Gasteiger partial charge in [0.05, 0.1) is 0 Å². The molecule has 0 amide bonds. The second-order valence-electron chi connectivity index (χ2n) is 4.17. The van der Waals surface area contributed by atoms with E-state index in [1.54, 1.807) is 0 Å². The van der Waals surface area contributed by atoms with Crippen molar-refractivity contribution >= 4 is 17.2 Å². The largest absolute Gasteiger partial charge is 0.460 e. The van der Waals surface area contributed by atoms with Crippen molar-refractivity contribution < 1.29 is 48.1 Å². The van der Waals surface area contributed by atoms with Gasteiger partial charge in [-0.3, -0.25) is 0 Å². The highest BCUT2D eigenvalue weighted by atomic mass is 32.2. The Hall–Kier alpha value is -1.66. The quantitative estimate of drug-likeness (QED) is 0.545. The Labute approximate surface area is 129 Å². The molecule has 0 unspecified atom stereocenters. The van der Waals surface area contributed by atoms with Crippen LogP contribution in [0.15, 0.2) is 28.7 Å². The summed E-state index contributed by atoms with van der Waals surface area (Å²) in [6.07, 6.45) is -6.99. The zero-order valence-electron chi connectivity index (χ0n) is 10.9. The van der Waals surface area contributed by atoms with E-state index in [0.717, 1.165) is 24.3 Å². The maximum Gasteiger partial charge on any atom is 0.460 e. The van der Waals surface area contributed by atoms with Crippen LogP contribution in [0, 0.1) is 5.82 Å². The molecule has 2 nitrogen and oxygen atoms in total. The Morgan fingerprint density at radius 2 is 1.38 bits per heavy atom. The zero-order chi connectivity index (χ0) is 19.0. The number of hydrogen-bond acceptors (Lipinski definition) is 1. The molecule has 24 heavy (non-hydrogen) atoms. The minimum absolute atomic E-state index is 0.0428. The van der Waals surface area contributed by atoms with Gasteiger partial charge in [-0.2, -0.15) is 43.9 Å². The molecule has 0 bridgehead atoms. The zero-order valence-corrected chi connectivity index (χ0v) is 11.7. The molecule has 0 aliphatic heterocycles. The first-order chi connectivity index (χ1) is 10.7. The van der Waals surface area contributed by atoms with Gasteiger partial charge in [-0.05, 0) is 6.07 Å². The summed E-state index contributed by atoms with van der Waals surface area (Å²) < 4.78 is 140. The van der Waals surface area contributed by atoms with Gasteiger partial charge < -0.3 is 0 Å². The van der Waals surface area contributed by atoms with Crippen molar-refractivity contribution in [2.75, 3.05) is 0 Å². The van der Waals surface area contributed by atoms with E-state index in [-0.39, 0.29) is 6.21 Å². The Bertz CT molecular complexity index is 654. The van der Waals surface area contributed by atoms with Crippen molar-refractivity contribution in [1.82, 2.24) is 0 Å². The van der Waals surface area contributed by atoms with E-state index in [1.807, 2.05) is 0 Å². The average Bonchev–Trinajstić information content (AvgIpc) is 2.44. The minimum Gasteiger partial charge on any atom is -0.228 e.